The quantitative estimate of drug-likeness (QED) is 0.168. The van der Waals surface area contributed by atoms with E-state index >= 15 is 0 Å². The van der Waals surface area contributed by atoms with Crippen molar-refractivity contribution in [3.05, 3.63) is 24.3 Å². The fourth-order valence-electron chi connectivity index (χ4n) is 2.54. The normalized spacial score (nSPS) is 11.7. The molecule has 0 rings (SSSR count). The van der Waals surface area contributed by atoms with Crippen molar-refractivity contribution in [2.75, 3.05) is 0 Å². The molecule has 0 saturated heterocycles. The molecule has 0 amide bonds. The monoisotopic (exact) mass is 306 g/mol. The highest BCUT2D eigenvalue weighted by molar-refractivity contribution is 5.89. The molecular formula is C21H38O. The van der Waals surface area contributed by atoms with Crippen LogP contribution in [0, 0.1) is 0 Å². The number of hydrogen-bond acceptors (Lipinski definition) is 1. The van der Waals surface area contributed by atoms with Gasteiger partial charge in [0.2, 0.25) is 0 Å². The Morgan fingerprint density at radius 1 is 0.682 bits per heavy atom. The summed E-state index contributed by atoms with van der Waals surface area (Å²) in [6.45, 7) is 4.48. The highest BCUT2D eigenvalue weighted by atomic mass is 16.1. The van der Waals surface area contributed by atoms with Crippen LogP contribution in [-0.2, 0) is 4.79 Å². The summed E-state index contributed by atoms with van der Waals surface area (Å²) < 4.78 is 0. The van der Waals surface area contributed by atoms with Gasteiger partial charge >= 0.3 is 0 Å². The lowest BCUT2D eigenvalue weighted by atomic mass is 10.1. The molecule has 0 aromatic heterocycles. The lowest BCUT2D eigenvalue weighted by molar-refractivity contribution is -0.114. The number of carbonyl (C=O) groups excluding carboxylic acids is 1. The number of ketones is 1. The molecule has 1 heteroatoms. The molecule has 0 spiro atoms. The van der Waals surface area contributed by atoms with Crippen LogP contribution in [0.3, 0.4) is 0 Å². The van der Waals surface area contributed by atoms with Crippen LogP contribution in [-0.4, -0.2) is 5.78 Å². The van der Waals surface area contributed by atoms with E-state index in [1.54, 1.807) is 6.08 Å². The number of allylic oxidation sites excluding steroid dienone is 4. The molecule has 0 heterocycles. The number of rotatable bonds is 16. The Bertz CT molecular complexity index is 288. The van der Waals surface area contributed by atoms with Crippen LogP contribution in [0.1, 0.15) is 104 Å². The summed E-state index contributed by atoms with van der Waals surface area (Å²) in [6.07, 6.45) is 25.2. The van der Waals surface area contributed by atoms with E-state index in [1.165, 1.54) is 70.6 Å². The van der Waals surface area contributed by atoms with Crippen molar-refractivity contribution in [1.82, 2.24) is 0 Å². The average Bonchev–Trinajstić information content (AvgIpc) is 2.52. The largest absolute Gasteiger partial charge is 0.295 e. The highest BCUT2D eigenvalue weighted by Crippen LogP contribution is 2.10. The Kier molecular flexibility index (Phi) is 17.5. The Morgan fingerprint density at radius 3 is 1.86 bits per heavy atom. The third-order valence-electron chi connectivity index (χ3n) is 4.03. The molecule has 1 nitrogen and oxygen atoms in total. The molecule has 128 valence electrons. The fourth-order valence-corrected chi connectivity index (χ4v) is 2.54. The van der Waals surface area contributed by atoms with E-state index in [9.17, 15) is 4.79 Å². The smallest absolute Gasteiger partial charge is 0.155 e. The van der Waals surface area contributed by atoms with Gasteiger partial charge in [0, 0.05) is 6.42 Å². The zero-order chi connectivity index (χ0) is 16.3. The minimum atomic E-state index is 0.279. The van der Waals surface area contributed by atoms with Gasteiger partial charge in [-0.15, -0.1) is 0 Å². The third-order valence-corrected chi connectivity index (χ3v) is 4.03. The second-order valence-electron chi connectivity index (χ2n) is 6.33. The van der Waals surface area contributed by atoms with Gasteiger partial charge in [-0.1, -0.05) is 96.3 Å². The first-order valence-corrected chi connectivity index (χ1v) is 9.67. The van der Waals surface area contributed by atoms with Crippen molar-refractivity contribution in [3.63, 3.8) is 0 Å². The first-order valence-electron chi connectivity index (χ1n) is 9.67. The van der Waals surface area contributed by atoms with Gasteiger partial charge in [0.25, 0.3) is 0 Å². The van der Waals surface area contributed by atoms with Crippen LogP contribution in [0.5, 0.6) is 0 Å². The number of hydrogen-bond donors (Lipinski definition) is 0. The summed E-state index contributed by atoms with van der Waals surface area (Å²) in [5.74, 6) is 0.279. The van der Waals surface area contributed by atoms with Gasteiger partial charge < -0.3 is 0 Å². The van der Waals surface area contributed by atoms with Crippen molar-refractivity contribution < 1.29 is 4.79 Å². The molecule has 0 fully saturated rings. The summed E-state index contributed by atoms with van der Waals surface area (Å²) in [7, 11) is 0. The predicted molar refractivity (Wildman–Crippen MR) is 99.3 cm³/mol. The van der Waals surface area contributed by atoms with Gasteiger partial charge in [0.15, 0.2) is 5.78 Å². The summed E-state index contributed by atoms with van der Waals surface area (Å²) in [6, 6.07) is 0. The fraction of sp³-hybridized carbons (Fsp3) is 0.762. The van der Waals surface area contributed by atoms with E-state index in [0.29, 0.717) is 0 Å². The maximum atomic E-state index is 11.7. The molecule has 0 atom stereocenters. The Balaban J connectivity index is 3.37. The molecule has 0 saturated carbocycles. The van der Waals surface area contributed by atoms with Crippen LogP contribution in [0.25, 0.3) is 0 Å². The molecule has 0 bridgehead atoms. The molecular weight excluding hydrogens is 268 g/mol. The summed E-state index contributed by atoms with van der Waals surface area (Å²) in [4.78, 5) is 11.7. The maximum Gasteiger partial charge on any atom is 0.155 e. The average molecular weight is 307 g/mol. The molecule has 0 radical (unpaired) electrons. The minimum Gasteiger partial charge on any atom is -0.295 e. The molecule has 0 aliphatic rings. The van der Waals surface area contributed by atoms with Gasteiger partial charge in [-0.05, 0) is 25.3 Å². The predicted octanol–water partition coefficient (Wildman–Crippen LogP) is 7.17. The van der Waals surface area contributed by atoms with Crippen molar-refractivity contribution in [2.24, 2.45) is 0 Å². The van der Waals surface area contributed by atoms with Crippen molar-refractivity contribution >= 4 is 5.78 Å². The van der Waals surface area contributed by atoms with Crippen molar-refractivity contribution in [1.29, 1.82) is 0 Å². The molecule has 0 aliphatic carbocycles. The standard InChI is InChI=1S/C21H38O/c1-3-5-7-9-11-13-15-17-19-21(22)20-18-16-14-12-10-8-6-4-2/h13,15,17,19H,3-12,14,16,18,20H2,1-2H3/b15-13+,19-17+. The minimum absolute atomic E-state index is 0.279. The van der Waals surface area contributed by atoms with Crippen molar-refractivity contribution in [3.8, 4) is 0 Å². The van der Waals surface area contributed by atoms with Gasteiger partial charge in [-0.3, -0.25) is 4.79 Å². The Labute approximate surface area is 139 Å². The number of unbranched alkanes of at least 4 members (excludes halogenated alkanes) is 11. The topological polar surface area (TPSA) is 17.1 Å². The van der Waals surface area contributed by atoms with Crippen LogP contribution in [0.2, 0.25) is 0 Å². The molecule has 0 unspecified atom stereocenters. The van der Waals surface area contributed by atoms with E-state index < -0.39 is 0 Å². The highest BCUT2D eigenvalue weighted by Gasteiger charge is 1.96. The van der Waals surface area contributed by atoms with Crippen LogP contribution < -0.4 is 0 Å². The van der Waals surface area contributed by atoms with Crippen molar-refractivity contribution in [2.45, 2.75) is 104 Å². The van der Waals surface area contributed by atoms with Gasteiger partial charge in [0.1, 0.15) is 0 Å². The Morgan fingerprint density at radius 2 is 1.23 bits per heavy atom. The molecule has 0 aliphatic heterocycles. The lowest BCUT2D eigenvalue weighted by Gasteiger charge is -2.00. The second kappa shape index (κ2) is 18.2. The van der Waals surface area contributed by atoms with E-state index in [0.717, 1.165) is 19.3 Å². The summed E-state index contributed by atoms with van der Waals surface area (Å²) in [5.41, 5.74) is 0. The Hall–Kier alpha value is -0.850. The molecule has 22 heavy (non-hydrogen) atoms. The molecule has 0 aromatic rings. The van der Waals surface area contributed by atoms with E-state index in [1.807, 2.05) is 12.2 Å². The van der Waals surface area contributed by atoms with Crippen LogP contribution >= 0.6 is 0 Å². The molecule has 0 aromatic carbocycles. The number of carbonyl (C=O) groups is 1. The SMILES string of the molecule is CCCCCC/C=C/C=C/C(=O)CCCCCCCCCC. The maximum absolute atomic E-state index is 11.7. The first kappa shape index (κ1) is 21.1. The first-order chi connectivity index (χ1) is 10.8. The van der Waals surface area contributed by atoms with Gasteiger partial charge in [0.05, 0.1) is 0 Å². The van der Waals surface area contributed by atoms with Crippen LogP contribution in [0.15, 0.2) is 24.3 Å². The molecule has 0 N–H and O–H groups in total. The van der Waals surface area contributed by atoms with E-state index in [2.05, 4.69) is 19.9 Å². The summed E-state index contributed by atoms with van der Waals surface area (Å²) in [5, 5.41) is 0. The zero-order valence-corrected chi connectivity index (χ0v) is 15.1. The summed E-state index contributed by atoms with van der Waals surface area (Å²) >= 11 is 0. The third kappa shape index (κ3) is 17.2. The van der Waals surface area contributed by atoms with Crippen LogP contribution in [0.4, 0.5) is 0 Å². The second-order valence-corrected chi connectivity index (χ2v) is 6.33. The lowest BCUT2D eigenvalue weighted by Crippen LogP contribution is -1.92. The van der Waals surface area contributed by atoms with E-state index in [-0.39, 0.29) is 5.78 Å². The zero-order valence-electron chi connectivity index (χ0n) is 15.1. The van der Waals surface area contributed by atoms with E-state index in [4.69, 9.17) is 0 Å². The van der Waals surface area contributed by atoms with Gasteiger partial charge in [-0.25, -0.2) is 0 Å². The van der Waals surface area contributed by atoms with Gasteiger partial charge in [-0.2, -0.15) is 0 Å².